The molecule has 15 heavy (non-hydrogen) atoms. The van der Waals surface area contributed by atoms with Crippen LogP contribution in [0.1, 0.15) is 24.3 Å². The Bertz CT molecular complexity index is 438. The Hall–Kier alpha value is -0.880. The molecule has 0 aliphatic carbocycles. The Morgan fingerprint density at radius 2 is 1.87 bits per heavy atom. The average Bonchev–Trinajstić information content (AvgIpc) is 2.75. The van der Waals surface area contributed by atoms with Crippen LogP contribution in [-0.2, 0) is 10.0 Å². The minimum Gasteiger partial charge on any atom is -0.360 e. The molecule has 84 valence electrons. The molecule has 0 N–H and O–H groups in total. The molecule has 0 bridgehead atoms. The van der Waals surface area contributed by atoms with Crippen molar-refractivity contribution in [3.63, 3.8) is 0 Å². The predicted octanol–water partition coefficient (Wildman–Crippen LogP) is 1.08. The molecular weight excluding hydrogens is 216 g/mol. The zero-order valence-electron chi connectivity index (χ0n) is 8.86. The molecule has 1 aliphatic heterocycles. The Balaban J connectivity index is 2.45. The molecule has 1 aliphatic rings. The van der Waals surface area contributed by atoms with Crippen LogP contribution in [0.2, 0.25) is 0 Å². The third kappa shape index (κ3) is 1.68. The Labute approximate surface area is 89.1 Å². The molecule has 0 unspecified atom stereocenters. The molecule has 5 nitrogen and oxygen atoms in total. The van der Waals surface area contributed by atoms with Gasteiger partial charge in [-0.1, -0.05) is 5.16 Å². The molecule has 0 spiro atoms. The molecule has 0 radical (unpaired) electrons. The standard InChI is InChI=1S/C9H14N2O3S/c1-7-9(8(2)14-10-7)15(12,13)11-5-3-4-6-11/h3-6H2,1-2H3. The van der Waals surface area contributed by atoms with E-state index in [1.54, 1.807) is 13.8 Å². The van der Waals surface area contributed by atoms with E-state index in [0.717, 1.165) is 12.8 Å². The van der Waals surface area contributed by atoms with Crippen LogP contribution in [0.5, 0.6) is 0 Å². The van der Waals surface area contributed by atoms with Crippen LogP contribution in [0.3, 0.4) is 0 Å². The summed E-state index contributed by atoms with van der Waals surface area (Å²) in [5, 5.41) is 3.67. The van der Waals surface area contributed by atoms with Crippen molar-refractivity contribution < 1.29 is 12.9 Å². The summed E-state index contributed by atoms with van der Waals surface area (Å²) in [6.07, 6.45) is 1.87. The summed E-state index contributed by atoms with van der Waals surface area (Å²) in [5.74, 6) is 0.374. The minimum absolute atomic E-state index is 0.240. The maximum absolute atomic E-state index is 12.2. The highest BCUT2D eigenvalue weighted by Crippen LogP contribution is 2.25. The Morgan fingerprint density at radius 3 is 2.33 bits per heavy atom. The number of rotatable bonds is 2. The zero-order chi connectivity index (χ0) is 11.1. The van der Waals surface area contributed by atoms with Gasteiger partial charge in [0.05, 0.1) is 0 Å². The molecule has 1 saturated heterocycles. The van der Waals surface area contributed by atoms with Crippen molar-refractivity contribution in [1.29, 1.82) is 0 Å². The highest BCUT2D eigenvalue weighted by Gasteiger charge is 2.32. The summed E-state index contributed by atoms with van der Waals surface area (Å²) in [6, 6.07) is 0. The quantitative estimate of drug-likeness (QED) is 0.762. The summed E-state index contributed by atoms with van der Waals surface area (Å²) >= 11 is 0. The molecule has 6 heteroatoms. The Morgan fingerprint density at radius 1 is 1.27 bits per heavy atom. The molecule has 1 aromatic heterocycles. The number of aromatic nitrogens is 1. The third-order valence-electron chi connectivity index (χ3n) is 2.63. The first kappa shape index (κ1) is 10.6. The van der Waals surface area contributed by atoms with Crippen molar-refractivity contribution in [3.05, 3.63) is 11.5 Å². The van der Waals surface area contributed by atoms with Gasteiger partial charge in [-0.05, 0) is 26.7 Å². The largest absolute Gasteiger partial charge is 0.360 e. The molecule has 1 aromatic rings. The molecule has 0 atom stereocenters. The number of aryl methyl sites for hydroxylation is 2. The van der Waals surface area contributed by atoms with Crippen molar-refractivity contribution in [3.8, 4) is 0 Å². The van der Waals surface area contributed by atoms with Gasteiger partial charge in [-0.2, -0.15) is 4.31 Å². The number of hydrogen-bond donors (Lipinski definition) is 0. The second kappa shape index (κ2) is 3.61. The molecule has 0 saturated carbocycles. The van der Waals surface area contributed by atoms with Crippen molar-refractivity contribution in [2.24, 2.45) is 0 Å². The highest BCUT2D eigenvalue weighted by molar-refractivity contribution is 7.89. The van der Waals surface area contributed by atoms with Gasteiger partial charge in [0.25, 0.3) is 0 Å². The van der Waals surface area contributed by atoms with E-state index in [9.17, 15) is 8.42 Å². The van der Waals surface area contributed by atoms with Crippen LogP contribution in [-0.4, -0.2) is 31.0 Å². The van der Waals surface area contributed by atoms with E-state index in [4.69, 9.17) is 4.52 Å². The maximum atomic E-state index is 12.2. The summed E-state index contributed by atoms with van der Waals surface area (Å²) in [5.41, 5.74) is 0.444. The van der Waals surface area contributed by atoms with E-state index in [1.807, 2.05) is 0 Å². The smallest absolute Gasteiger partial charge is 0.248 e. The summed E-state index contributed by atoms with van der Waals surface area (Å²) in [6.45, 7) is 4.49. The van der Waals surface area contributed by atoms with E-state index in [2.05, 4.69) is 5.16 Å². The highest BCUT2D eigenvalue weighted by atomic mass is 32.2. The van der Waals surface area contributed by atoms with Crippen molar-refractivity contribution in [1.82, 2.24) is 9.46 Å². The van der Waals surface area contributed by atoms with Crippen LogP contribution >= 0.6 is 0 Å². The van der Waals surface area contributed by atoms with Gasteiger partial charge >= 0.3 is 0 Å². The van der Waals surface area contributed by atoms with E-state index < -0.39 is 10.0 Å². The van der Waals surface area contributed by atoms with Gasteiger partial charge in [-0.3, -0.25) is 0 Å². The van der Waals surface area contributed by atoms with Gasteiger partial charge in [0.1, 0.15) is 10.6 Å². The average molecular weight is 230 g/mol. The molecule has 1 fully saturated rings. The zero-order valence-corrected chi connectivity index (χ0v) is 9.67. The molecule has 2 heterocycles. The molecular formula is C9H14N2O3S. The van der Waals surface area contributed by atoms with Gasteiger partial charge < -0.3 is 4.52 Å². The SMILES string of the molecule is Cc1noc(C)c1S(=O)(=O)N1CCCC1. The lowest BCUT2D eigenvalue weighted by Crippen LogP contribution is -2.28. The van der Waals surface area contributed by atoms with E-state index >= 15 is 0 Å². The fourth-order valence-electron chi connectivity index (χ4n) is 1.90. The second-order valence-corrected chi connectivity index (χ2v) is 5.64. The van der Waals surface area contributed by atoms with E-state index in [1.165, 1.54) is 4.31 Å². The van der Waals surface area contributed by atoms with E-state index in [-0.39, 0.29) is 4.90 Å². The van der Waals surface area contributed by atoms with Crippen molar-refractivity contribution in [2.75, 3.05) is 13.1 Å². The number of hydrogen-bond acceptors (Lipinski definition) is 4. The second-order valence-electron chi connectivity index (χ2n) is 3.76. The van der Waals surface area contributed by atoms with Gasteiger partial charge in [0.2, 0.25) is 10.0 Å². The van der Waals surface area contributed by atoms with Gasteiger partial charge in [0, 0.05) is 13.1 Å². The fraction of sp³-hybridized carbons (Fsp3) is 0.667. The van der Waals surface area contributed by atoms with Crippen molar-refractivity contribution in [2.45, 2.75) is 31.6 Å². The van der Waals surface area contributed by atoms with Crippen LogP contribution in [0.4, 0.5) is 0 Å². The van der Waals surface area contributed by atoms with Crippen LogP contribution in [0, 0.1) is 13.8 Å². The van der Waals surface area contributed by atoms with Crippen LogP contribution in [0.25, 0.3) is 0 Å². The van der Waals surface area contributed by atoms with Crippen LogP contribution in [0.15, 0.2) is 9.42 Å². The third-order valence-corrected chi connectivity index (χ3v) is 4.77. The van der Waals surface area contributed by atoms with Crippen LogP contribution < -0.4 is 0 Å². The predicted molar refractivity (Wildman–Crippen MR) is 54.0 cm³/mol. The lowest BCUT2D eigenvalue weighted by molar-refractivity contribution is 0.390. The first-order valence-corrected chi connectivity index (χ1v) is 6.40. The molecule has 0 amide bonds. The first-order chi connectivity index (χ1) is 7.03. The summed E-state index contributed by atoms with van der Waals surface area (Å²) < 4.78 is 30.7. The van der Waals surface area contributed by atoms with Gasteiger partial charge in [0.15, 0.2) is 5.76 Å². The van der Waals surface area contributed by atoms with Crippen molar-refractivity contribution >= 4 is 10.0 Å². The van der Waals surface area contributed by atoms with Gasteiger partial charge in [-0.15, -0.1) is 0 Å². The maximum Gasteiger partial charge on any atom is 0.248 e. The normalized spacial score (nSPS) is 18.5. The fourth-order valence-corrected chi connectivity index (χ4v) is 3.71. The van der Waals surface area contributed by atoms with E-state index in [0.29, 0.717) is 24.5 Å². The lowest BCUT2D eigenvalue weighted by atomic mass is 10.4. The number of nitrogens with zero attached hydrogens (tertiary/aromatic N) is 2. The topological polar surface area (TPSA) is 63.4 Å². The minimum atomic E-state index is -3.38. The Kier molecular flexibility index (Phi) is 2.56. The number of sulfonamides is 1. The molecule has 2 rings (SSSR count). The summed E-state index contributed by atoms with van der Waals surface area (Å²) in [4.78, 5) is 0.240. The molecule has 0 aromatic carbocycles. The van der Waals surface area contributed by atoms with Gasteiger partial charge in [-0.25, -0.2) is 8.42 Å². The first-order valence-electron chi connectivity index (χ1n) is 4.96. The lowest BCUT2D eigenvalue weighted by Gasteiger charge is -2.14. The monoisotopic (exact) mass is 230 g/mol. The summed E-state index contributed by atoms with van der Waals surface area (Å²) in [7, 11) is -3.38.